The molecule has 0 bridgehead atoms. The Balaban J connectivity index is 1.31. The van der Waals surface area contributed by atoms with Crippen LogP contribution < -0.4 is 10.2 Å². The Bertz CT molecular complexity index is 960. The summed E-state index contributed by atoms with van der Waals surface area (Å²) in [4.78, 5) is 17.1. The first-order valence-corrected chi connectivity index (χ1v) is 13.2. The Labute approximate surface area is 209 Å². The van der Waals surface area contributed by atoms with Crippen LogP contribution in [-0.4, -0.2) is 67.6 Å². The molecule has 3 atom stereocenters. The van der Waals surface area contributed by atoms with Crippen LogP contribution in [-0.2, 0) is 9.53 Å². The Morgan fingerprint density at radius 2 is 1.86 bits per heavy atom. The average molecular weight is 485 g/mol. The quantitative estimate of drug-likeness (QED) is 0.558. The lowest BCUT2D eigenvalue weighted by Gasteiger charge is -2.36. The van der Waals surface area contributed by atoms with Gasteiger partial charge in [-0.3, -0.25) is 10.2 Å². The summed E-state index contributed by atoms with van der Waals surface area (Å²) < 4.78 is 21.0. The minimum Gasteiger partial charge on any atom is -0.385 e. The molecule has 4 rings (SSSR count). The summed E-state index contributed by atoms with van der Waals surface area (Å²) in [7, 11) is 0. The molecule has 2 N–H and O–H groups in total. The van der Waals surface area contributed by atoms with E-state index < -0.39 is 6.17 Å². The van der Waals surface area contributed by atoms with E-state index in [1.165, 1.54) is 16.8 Å². The summed E-state index contributed by atoms with van der Waals surface area (Å²) in [6.07, 6.45) is 3.06. The van der Waals surface area contributed by atoms with Crippen LogP contribution in [0.2, 0.25) is 0 Å². The second kappa shape index (κ2) is 11.1. The van der Waals surface area contributed by atoms with Crippen LogP contribution >= 0.6 is 0 Å². The molecule has 6 nitrogen and oxygen atoms in total. The monoisotopic (exact) mass is 484 g/mol. The van der Waals surface area contributed by atoms with Crippen molar-refractivity contribution in [2.45, 2.75) is 78.2 Å². The summed E-state index contributed by atoms with van der Waals surface area (Å²) >= 11 is 0. The third-order valence-corrected chi connectivity index (χ3v) is 7.92. The van der Waals surface area contributed by atoms with E-state index in [2.05, 4.69) is 42.3 Å². The van der Waals surface area contributed by atoms with Crippen molar-refractivity contribution in [1.82, 2.24) is 10.2 Å². The number of amides is 1. The molecule has 0 spiro atoms. The molecule has 0 saturated carbocycles. The number of piperidine rings is 1. The number of alkyl halides is 1. The van der Waals surface area contributed by atoms with Crippen molar-refractivity contribution in [3.63, 3.8) is 0 Å². The number of anilines is 1. The smallest absolute Gasteiger partial charge is 0.272 e. The topological polar surface area (TPSA) is 68.7 Å². The van der Waals surface area contributed by atoms with Gasteiger partial charge in [0.15, 0.2) is 0 Å². The summed E-state index contributed by atoms with van der Waals surface area (Å²) in [6.45, 7) is 11.2. The highest BCUT2D eigenvalue weighted by molar-refractivity contribution is 6.44. The van der Waals surface area contributed by atoms with Gasteiger partial charge in [-0.25, -0.2) is 4.39 Å². The number of hydrogen-bond acceptors (Lipinski definition) is 5. The van der Waals surface area contributed by atoms with Gasteiger partial charge in [0.05, 0.1) is 12.2 Å². The lowest BCUT2D eigenvalue weighted by molar-refractivity contribution is -0.136. The summed E-state index contributed by atoms with van der Waals surface area (Å²) in [5, 5.41) is 11.9. The number of nitrogens with zero attached hydrogens (tertiary/aromatic N) is 2. The van der Waals surface area contributed by atoms with Crippen molar-refractivity contribution < 1.29 is 13.9 Å². The molecule has 35 heavy (non-hydrogen) atoms. The molecule has 1 amide bonds. The maximum Gasteiger partial charge on any atom is 0.272 e. The zero-order valence-corrected chi connectivity index (χ0v) is 21.7. The highest BCUT2D eigenvalue weighted by atomic mass is 19.1. The number of carbonyl (C=O) groups is 1. The van der Waals surface area contributed by atoms with Crippen molar-refractivity contribution >= 4 is 17.3 Å². The van der Waals surface area contributed by atoms with Crippen molar-refractivity contribution in [3.05, 3.63) is 40.6 Å². The number of allylic oxidation sites excluding steroid dienone is 1. The van der Waals surface area contributed by atoms with Crippen molar-refractivity contribution in [1.29, 1.82) is 5.41 Å². The number of rotatable bonds is 7. The zero-order chi connectivity index (χ0) is 25.1. The highest BCUT2D eigenvalue weighted by Crippen LogP contribution is 2.31. The maximum absolute atomic E-state index is 15.2. The molecule has 1 aromatic carbocycles. The van der Waals surface area contributed by atoms with Gasteiger partial charge in [0.2, 0.25) is 0 Å². The number of ether oxygens (including phenoxy) is 1. The number of morpholine rings is 1. The summed E-state index contributed by atoms with van der Waals surface area (Å²) in [5.41, 5.74) is 5.57. The van der Waals surface area contributed by atoms with Crippen LogP contribution in [0.3, 0.4) is 0 Å². The Hall–Kier alpha value is -2.41. The number of nitrogens with one attached hydrogen (secondary N) is 2. The molecule has 3 aliphatic rings. The number of halogens is 1. The van der Waals surface area contributed by atoms with E-state index in [0.29, 0.717) is 19.5 Å². The molecule has 0 aromatic heterocycles. The van der Waals surface area contributed by atoms with Gasteiger partial charge in [-0.15, -0.1) is 0 Å². The third kappa shape index (κ3) is 5.88. The van der Waals surface area contributed by atoms with Crippen molar-refractivity contribution in [3.8, 4) is 0 Å². The Kier molecular flexibility index (Phi) is 8.15. The summed E-state index contributed by atoms with van der Waals surface area (Å²) in [5.74, 6) is -0.203. The first-order chi connectivity index (χ1) is 16.7. The second-order valence-corrected chi connectivity index (χ2v) is 10.6. The number of hydrogen-bond donors (Lipinski definition) is 2. The molecule has 0 radical (unpaired) electrons. The van der Waals surface area contributed by atoms with Gasteiger partial charge in [0.25, 0.3) is 5.91 Å². The second-order valence-electron chi connectivity index (χ2n) is 10.6. The molecule has 2 aliphatic heterocycles. The summed E-state index contributed by atoms with van der Waals surface area (Å²) in [6, 6.07) is 6.40. The first kappa shape index (κ1) is 25.7. The minimum atomic E-state index is -0.934. The van der Waals surface area contributed by atoms with Crippen LogP contribution in [0.5, 0.6) is 0 Å². The maximum atomic E-state index is 15.2. The molecule has 2 heterocycles. The molecule has 1 unspecified atom stereocenters. The van der Waals surface area contributed by atoms with E-state index in [0.717, 1.165) is 50.0 Å². The van der Waals surface area contributed by atoms with Crippen LogP contribution in [0.1, 0.15) is 57.1 Å². The minimum absolute atomic E-state index is 0.0285. The van der Waals surface area contributed by atoms with E-state index in [1.54, 1.807) is 4.90 Å². The lowest BCUT2D eigenvalue weighted by Crippen LogP contribution is -2.50. The van der Waals surface area contributed by atoms with Gasteiger partial charge >= 0.3 is 0 Å². The van der Waals surface area contributed by atoms with E-state index >= 15 is 4.39 Å². The largest absolute Gasteiger partial charge is 0.385 e. The average Bonchev–Trinajstić information content (AvgIpc) is 3.31. The van der Waals surface area contributed by atoms with Crippen LogP contribution in [0.25, 0.3) is 0 Å². The van der Waals surface area contributed by atoms with Crippen molar-refractivity contribution in [2.24, 2.45) is 5.92 Å². The normalized spacial score (nSPS) is 24.6. The van der Waals surface area contributed by atoms with E-state index in [1.807, 2.05) is 13.8 Å². The SMILES string of the molecule is Cc1cccc(N2CCC(C(F)CNC3=C(C(=N)C(=O)N4C[C@@H](C)O[C@@H](C)C4)CCC3)CC2)c1C. The van der Waals surface area contributed by atoms with Gasteiger partial charge in [0, 0.05) is 49.7 Å². The molecule has 192 valence electrons. The van der Waals surface area contributed by atoms with Crippen LogP contribution in [0, 0.1) is 25.2 Å². The van der Waals surface area contributed by atoms with Gasteiger partial charge in [-0.05, 0) is 82.9 Å². The van der Waals surface area contributed by atoms with E-state index in [9.17, 15) is 4.79 Å². The predicted octanol–water partition coefficient (Wildman–Crippen LogP) is 4.54. The molecule has 2 fully saturated rings. The molecular weight excluding hydrogens is 443 g/mol. The lowest BCUT2D eigenvalue weighted by atomic mass is 9.91. The van der Waals surface area contributed by atoms with Gasteiger partial charge in [-0.1, -0.05) is 12.1 Å². The standard InChI is InChI=1S/C28H41FN4O2/c1-18-7-5-10-26(21(18)4)32-13-11-22(12-14-32)24(29)15-31-25-9-6-8-23(25)27(30)28(34)33-16-19(2)35-20(3)17-33/h5,7,10,19-20,22,24,30-31H,6,8-9,11-17H2,1-4H3/t19-,20+,24?. The Morgan fingerprint density at radius 3 is 2.54 bits per heavy atom. The predicted molar refractivity (Wildman–Crippen MR) is 139 cm³/mol. The van der Waals surface area contributed by atoms with E-state index in [-0.39, 0.29) is 36.3 Å². The fourth-order valence-electron chi connectivity index (χ4n) is 5.81. The molecule has 1 aromatic rings. The van der Waals surface area contributed by atoms with Gasteiger partial charge in [0.1, 0.15) is 11.9 Å². The van der Waals surface area contributed by atoms with E-state index in [4.69, 9.17) is 10.1 Å². The van der Waals surface area contributed by atoms with Gasteiger partial charge < -0.3 is 19.9 Å². The van der Waals surface area contributed by atoms with Crippen molar-refractivity contribution in [2.75, 3.05) is 37.6 Å². The first-order valence-electron chi connectivity index (χ1n) is 13.2. The molecule has 1 aliphatic carbocycles. The van der Waals surface area contributed by atoms with Crippen LogP contribution in [0.4, 0.5) is 10.1 Å². The Morgan fingerprint density at radius 1 is 1.17 bits per heavy atom. The molecule has 2 saturated heterocycles. The fourth-order valence-corrected chi connectivity index (χ4v) is 5.81. The molecular formula is C28H41FN4O2. The third-order valence-electron chi connectivity index (χ3n) is 7.92. The zero-order valence-electron chi connectivity index (χ0n) is 21.7. The van der Waals surface area contributed by atoms with Crippen LogP contribution in [0.15, 0.2) is 29.5 Å². The fraction of sp³-hybridized carbons (Fsp3) is 0.643. The number of aryl methyl sites for hydroxylation is 1. The number of benzene rings is 1. The highest BCUT2D eigenvalue weighted by Gasteiger charge is 2.32. The number of carbonyl (C=O) groups excluding carboxylic acids is 1. The van der Waals surface area contributed by atoms with Gasteiger partial charge in [-0.2, -0.15) is 0 Å². The molecule has 7 heteroatoms.